The van der Waals surface area contributed by atoms with Gasteiger partial charge in [-0.1, -0.05) is 0 Å². The molecule has 1 saturated heterocycles. The minimum absolute atomic E-state index is 0.0581. The Labute approximate surface area is 172 Å². The van der Waals surface area contributed by atoms with Gasteiger partial charge in [0.1, 0.15) is 0 Å². The Kier molecular flexibility index (Phi) is 7.97. The van der Waals surface area contributed by atoms with Crippen molar-refractivity contribution < 1.29 is 19.4 Å². The number of nitrogens with zero attached hydrogens (tertiary/aromatic N) is 1. The number of likely N-dealkylation sites (tertiary alicyclic amines) is 1. The first-order valence-corrected chi connectivity index (χ1v) is 10.6. The zero-order valence-electron chi connectivity index (χ0n) is 17.5. The summed E-state index contributed by atoms with van der Waals surface area (Å²) in [7, 11) is 3.76. The number of amides is 1. The van der Waals surface area contributed by atoms with E-state index in [1.165, 1.54) is 0 Å². The van der Waals surface area contributed by atoms with Crippen LogP contribution in [0.4, 0.5) is 5.69 Å². The molecule has 162 valence electrons. The normalized spacial score (nSPS) is 22.0. The van der Waals surface area contributed by atoms with Crippen LogP contribution in [0.15, 0.2) is 12.1 Å². The fourth-order valence-electron chi connectivity index (χ4n) is 3.87. The third-order valence-corrected chi connectivity index (χ3v) is 5.61. The molecule has 2 aliphatic heterocycles. The van der Waals surface area contributed by atoms with Crippen LogP contribution < -0.4 is 25.4 Å². The number of aliphatic hydroxyl groups is 1. The van der Waals surface area contributed by atoms with Crippen LogP contribution >= 0.6 is 0 Å². The molecule has 1 amide bonds. The lowest BCUT2D eigenvalue weighted by molar-refractivity contribution is 0.0218. The number of carbonyl (C=O) groups is 1. The highest BCUT2D eigenvalue weighted by Crippen LogP contribution is 2.36. The molecule has 1 aromatic carbocycles. The molecule has 1 fully saturated rings. The number of β-amino-alcohol motifs (C(OH)–C–C–N with tert-alkyl or cyclic N) is 1. The number of carbonyl (C=O) groups excluding carboxylic acids is 1. The minimum atomic E-state index is -0.432. The Morgan fingerprint density at radius 3 is 2.86 bits per heavy atom. The van der Waals surface area contributed by atoms with Crippen molar-refractivity contribution in [1.29, 1.82) is 0 Å². The predicted molar refractivity (Wildman–Crippen MR) is 113 cm³/mol. The smallest absolute Gasteiger partial charge is 0.255 e. The van der Waals surface area contributed by atoms with Gasteiger partial charge in [0.05, 0.1) is 24.9 Å². The van der Waals surface area contributed by atoms with Gasteiger partial charge in [-0.05, 0) is 45.6 Å². The van der Waals surface area contributed by atoms with Crippen LogP contribution in [-0.2, 0) is 0 Å². The van der Waals surface area contributed by atoms with Gasteiger partial charge in [0.15, 0.2) is 11.5 Å². The highest BCUT2D eigenvalue weighted by molar-refractivity contribution is 5.99. The molecule has 0 saturated carbocycles. The van der Waals surface area contributed by atoms with Gasteiger partial charge in [0.2, 0.25) is 0 Å². The molecule has 0 bridgehead atoms. The van der Waals surface area contributed by atoms with E-state index < -0.39 is 6.10 Å². The highest BCUT2D eigenvalue weighted by atomic mass is 16.5. The summed E-state index contributed by atoms with van der Waals surface area (Å²) in [5, 5.41) is 19.7. The summed E-state index contributed by atoms with van der Waals surface area (Å²) < 4.78 is 11.5. The zero-order valence-corrected chi connectivity index (χ0v) is 17.5. The van der Waals surface area contributed by atoms with E-state index >= 15 is 0 Å². The molecule has 0 aliphatic carbocycles. The Bertz CT molecular complexity index is 685. The zero-order chi connectivity index (χ0) is 20.6. The molecule has 0 radical (unpaired) electrons. The summed E-state index contributed by atoms with van der Waals surface area (Å²) in [5.74, 6) is 0.948. The standard InChI is InChI=1S/C21H34N4O4/c1-22-6-3-7-25-8-5-15(18(26)14-25)13-24-21(27)17-11-16(23-2)12-19-20(17)29-10-4-9-28-19/h11-12,15,18,22-23,26H,3-10,13-14H2,1-2H3,(H,24,27)/t15-,18?/m0/s1. The lowest BCUT2D eigenvalue weighted by atomic mass is 9.93. The number of rotatable bonds is 8. The van der Waals surface area contributed by atoms with E-state index in [9.17, 15) is 9.90 Å². The molecule has 0 aromatic heterocycles. The molecule has 4 N–H and O–H groups in total. The van der Waals surface area contributed by atoms with E-state index in [-0.39, 0.29) is 11.8 Å². The van der Waals surface area contributed by atoms with Crippen molar-refractivity contribution >= 4 is 11.6 Å². The number of piperidine rings is 1. The summed E-state index contributed by atoms with van der Waals surface area (Å²) in [4.78, 5) is 15.2. The van der Waals surface area contributed by atoms with Crippen LogP contribution in [0.3, 0.4) is 0 Å². The van der Waals surface area contributed by atoms with E-state index in [0.29, 0.717) is 43.4 Å². The van der Waals surface area contributed by atoms with Gasteiger partial charge < -0.3 is 35.4 Å². The van der Waals surface area contributed by atoms with Crippen LogP contribution in [0.25, 0.3) is 0 Å². The number of ether oxygens (including phenoxy) is 2. The summed E-state index contributed by atoms with van der Waals surface area (Å²) in [5.41, 5.74) is 1.27. The van der Waals surface area contributed by atoms with E-state index in [4.69, 9.17) is 9.47 Å². The lowest BCUT2D eigenvalue weighted by Gasteiger charge is -2.36. The Balaban J connectivity index is 1.58. The topological polar surface area (TPSA) is 95.1 Å². The highest BCUT2D eigenvalue weighted by Gasteiger charge is 2.28. The Morgan fingerprint density at radius 2 is 2.10 bits per heavy atom. The number of benzene rings is 1. The van der Waals surface area contributed by atoms with E-state index in [1.54, 1.807) is 6.07 Å². The number of hydrogen-bond acceptors (Lipinski definition) is 7. The molecule has 29 heavy (non-hydrogen) atoms. The van der Waals surface area contributed by atoms with Crippen molar-refractivity contribution in [3.05, 3.63) is 17.7 Å². The first-order valence-electron chi connectivity index (χ1n) is 10.6. The summed E-state index contributed by atoms with van der Waals surface area (Å²) in [6.45, 7) is 5.11. The van der Waals surface area contributed by atoms with Crippen molar-refractivity contribution in [3.8, 4) is 11.5 Å². The molecule has 8 heteroatoms. The number of anilines is 1. The first kappa shape index (κ1) is 21.7. The van der Waals surface area contributed by atoms with Gasteiger partial charge in [-0.15, -0.1) is 0 Å². The molecule has 3 rings (SSSR count). The molecular weight excluding hydrogens is 372 g/mol. The monoisotopic (exact) mass is 406 g/mol. The summed E-state index contributed by atoms with van der Waals surface area (Å²) in [6, 6.07) is 3.63. The molecule has 0 spiro atoms. The Morgan fingerprint density at radius 1 is 1.28 bits per heavy atom. The van der Waals surface area contributed by atoms with Crippen molar-refractivity contribution in [1.82, 2.24) is 15.5 Å². The molecular formula is C21H34N4O4. The number of nitrogens with one attached hydrogen (secondary N) is 3. The maximum atomic E-state index is 12.9. The number of hydrogen-bond donors (Lipinski definition) is 4. The van der Waals surface area contributed by atoms with Crippen LogP contribution in [0.2, 0.25) is 0 Å². The average Bonchev–Trinajstić information content (AvgIpc) is 2.97. The largest absolute Gasteiger partial charge is 0.489 e. The second kappa shape index (κ2) is 10.7. The van der Waals surface area contributed by atoms with Crippen LogP contribution in [-0.4, -0.2) is 82.1 Å². The maximum Gasteiger partial charge on any atom is 0.255 e. The molecule has 2 atom stereocenters. The average molecular weight is 407 g/mol. The van der Waals surface area contributed by atoms with Crippen LogP contribution in [0.5, 0.6) is 11.5 Å². The number of aliphatic hydroxyl groups excluding tert-OH is 1. The Hall–Kier alpha value is -2.03. The summed E-state index contributed by atoms with van der Waals surface area (Å²) in [6.07, 6.45) is 2.29. The van der Waals surface area contributed by atoms with Crippen molar-refractivity contribution in [2.24, 2.45) is 5.92 Å². The van der Waals surface area contributed by atoms with Crippen molar-refractivity contribution in [2.45, 2.75) is 25.4 Å². The SMILES string of the molecule is CNCCCN1CC[C@@H](CNC(=O)c2cc(NC)cc3c2OCCCO3)C(O)C1. The maximum absolute atomic E-state index is 12.9. The molecule has 2 heterocycles. The molecule has 8 nitrogen and oxygen atoms in total. The van der Waals surface area contributed by atoms with Gasteiger partial charge in [-0.2, -0.15) is 0 Å². The molecule has 2 aliphatic rings. The second-order valence-electron chi connectivity index (χ2n) is 7.74. The van der Waals surface area contributed by atoms with Gasteiger partial charge in [0, 0.05) is 44.2 Å². The molecule has 1 unspecified atom stereocenters. The lowest BCUT2D eigenvalue weighted by Crippen LogP contribution is -2.48. The third kappa shape index (κ3) is 5.74. The molecule has 1 aromatic rings. The third-order valence-electron chi connectivity index (χ3n) is 5.61. The number of fused-ring (bicyclic) bond motifs is 1. The van der Waals surface area contributed by atoms with Gasteiger partial charge in [0.25, 0.3) is 5.91 Å². The van der Waals surface area contributed by atoms with Gasteiger partial charge in [-0.25, -0.2) is 0 Å². The predicted octanol–water partition coefficient (Wildman–Crippen LogP) is 0.912. The quantitative estimate of drug-likeness (QED) is 0.477. The van der Waals surface area contributed by atoms with Gasteiger partial charge >= 0.3 is 0 Å². The van der Waals surface area contributed by atoms with Crippen molar-refractivity contribution in [2.75, 3.05) is 65.3 Å². The van der Waals surface area contributed by atoms with E-state index in [1.807, 2.05) is 20.2 Å². The van der Waals surface area contributed by atoms with Crippen LogP contribution in [0.1, 0.15) is 29.6 Å². The first-order chi connectivity index (χ1) is 14.1. The van der Waals surface area contributed by atoms with Gasteiger partial charge in [-0.3, -0.25) is 4.79 Å². The van der Waals surface area contributed by atoms with Crippen LogP contribution in [0, 0.1) is 5.92 Å². The van der Waals surface area contributed by atoms with E-state index in [0.717, 1.165) is 44.6 Å². The fraction of sp³-hybridized carbons (Fsp3) is 0.667. The minimum Gasteiger partial charge on any atom is -0.489 e. The summed E-state index contributed by atoms with van der Waals surface area (Å²) >= 11 is 0. The second-order valence-corrected chi connectivity index (χ2v) is 7.74. The van der Waals surface area contributed by atoms with Crippen molar-refractivity contribution in [3.63, 3.8) is 0 Å². The fourth-order valence-corrected chi connectivity index (χ4v) is 3.87. The van der Waals surface area contributed by atoms with E-state index in [2.05, 4.69) is 20.9 Å².